The third kappa shape index (κ3) is 3.52. The Kier molecular flexibility index (Phi) is 6.09. The van der Waals surface area contributed by atoms with Gasteiger partial charge >= 0.3 is 5.97 Å². The van der Waals surface area contributed by atoms with Gasteiger partial charge in [0.1, 0.15) is 36.6 Å². The third-order valence-electron chi connectivity index (χ3n) is 4.02. The Morgan fingerprint density at radius 1 is 1.00 bits per heavy atom. The van der Waals surface area contributed by atoms with Gasteiger partial charge < -0.3 is 55.7 Å². The fourth-order valence-electron chi connectivity index (χ4n) is 2.59. The molecule has 2 aliphatic rings. The van der Waals surface area contributed by atoms with Gasteiger partial charge in [0.25, 0.3) is 0 Å². The van der Waals surface area contributed by atoms with Crippen molar-refractivity contribution in [2.45, 2.75) is 61.3 Å². The second-order valence-corrected chi connectivity index (χ2v) is 5.65. The van der Waals surface area contributed by atoms with Gasteiger partial charge in [-0.15, -0.1) is 0 Å². The van der Waals surface area contributed by atoms with Gasteiger partial charge in [-0.25, -0.2) is 4.79 Å². The molecule has 0 aliphatic carbocycles. The quantitative estimate of drug-likeness (QED) is 0.237. The lowest BCUT2D eigenvalue weighted by Crippen LogP contribution is -2.66. The maximum Gasteiger partial charge on any atom is 0.335 e. The summed E-state index contributed by atoms with van der Waals surface area (Å²) in [5, 5.41) is 67.0. The van der Waals surface area contributed by atoms with Crippen LogP contribution >= 0.6 is 0 Å². The van der Waals surface area contributed by atoms with Crippen molar-refractivity contribution < 1.29 is 54.8 Å². The molecule has 0 amide bonds. The number of carboxylic acid groups (broad SMARTS) is 1. The molecular weight excluding hydrogens is 334 g/mol. The minimum absolute atomic E-state index is 0.669. The molecule has 0 spiro atoms. The highest BCUT2D eigenvalue weighted by atomic mass is 16.7. The molecule has 12 heteroatoms. The Morgan fingerprint density at radius 2 is 1.62 bits per heavy atom. The Balaban J connectivity index is 2.16. The predicted molar refractivity (Wildman–Crippen MR) is 71.1 cm³/mol. The zero-order chi connectivity index (χ0) is 18.2. The van der Waals surface area contributed by atoms with Gasteiger partial charge in [-0.05, 0) is 0 Å². The van der Waals surface area contributed by atoms with E-state index in [1.807, 2.05) is 0 Å². The summed E-state index contributed by atoms with van der Waals surface area (Å²) < 4.78 is 15.0. The van der Waals surface area contributed by atoms with Gasteiger partial charge in [-0.1, -0.05) is 0 Å². The molecule has 2 fully saturated rings. The van der Waals surface area contributed by atoms with Gasteiger partial charge in [0.2, 0.25) is 0 Å². The molecule has 0 saturated carbocycles. The lowest BCUT2D eigenvalue weighted by molar-refractivity contribution is -0.335. The molecule has 0 radical (unpaired) electrons. The summed E-state index contributed by atoms with van der Waals surface area (Å²) in [5.41, 5.74) is 5.64. The number of aliphatic hydroxyl groups is 6. The largest absolute Gasteiger partial charge is 0.479 e. The highest BCUT2D eigenvalue weighted by Gasteiger charge is 2.51. The van der Waals surface area contributed by atoms with Crippen LogP contribution < -0.4 is 5.73 Å². The molecule has 2 heterocycles. The fraction of sp³-hybridized carbons (Fsp3) is 0.917. The highest BCUT2D eigenvalue weighted by Crippen LogP contribution is 2.28. The molecule has 24 heavy (non-hydrogen) atoms. The van der Waals surface area contributed by atoms with Gasteiger partial charge in [-0.3, -0.25) is 0 Å². The molecule has 0 aromatic rings. The van der Waals surface area contributed by atoms with Crippen molar-refractivity contribution in [1.82, 2.24) is 0 Å². The predicted octanol–water partition coefficient (Wildman–Crippen LogP) is -5.34. The van der Waals surface area contributed by atoms with Crippen LogP contribution in [-0.2, 0) is 19.0 Å². The van der Waals surface area contributed by atoms with E-state index in [0.29, 0.717) is 0 Å². The van der Waals surface area contributed by atoms with Crippen molar-refractivity contribution in [3.63, 3.8) is 0 Å². The van der Waals surface area contributed by atoms with Crippen molar-refractivity contribution in [3.8, 4) is 0 Å². The van der Waals surface area contributed by atoms with E-state index in [-0.39, 0.29) is 0 Å². The summed E-state index contributed by atoms with van der Waals surface area (Å²) in [7, 11) is 0. The van der Waals surface area contributed by atoms with Crippen LogP contribution in [-0.4, -0.2) is 110 Å². The average molecular weight is 355 g/mol. The first-order valence-electron chi connectivity index (χ1n) is 7.15. The summed E-state index contributed by atoms with van der Waals surface area (Å²) in [6, 6.07) is -1.31. The molecule has 2 aliphatic heterocycles. The first-order chi connectivity index (χ1) is 11.2. The number of carboxylic acids is 1. The van der Waals surface area contributed by atoms with E-state index in [1.165, 1.54) is 0 Å². The number of rotatable bonds is 4. The zero-order valence-corrected chi connectivity index (χ0v) is 12.3. The third-order valence-corrected chi connectivity index (χ3v) is 4.02. The van der Waals surface area contributed by atoms with Crippen molar-refractivity contribution in [1.29, 1.82) is 0 Å². The van der Waals surface area contributed by atoms with Crippen LogP contribution in [0.4, 0.5) is 0 Å². The van der Waals surface area contributed by atoms with E-state index in [0.717, 1.165) is 0 Å². The molecule has 12 nitrogen and oxygen atoms in total. The van der Waals surface area contributed by atoms with Crippen molar-refractivity contribution in [2.75, 3.05) is 6.61 Å². The zero-order valence-electron chi connectivity index (χ0n) is 12.3. The molecule has 0 bridgehead atoms. The Morgan fingerprint density at radius 3 is 2.17 bits per heavy atom. The Hall–Kier alpha value is -0.930. The van der Waals surface area contributed by atoms with Crippen LogP contribution in [0.5, 0.6) is 0 Å². The summed E-state index contributed by atoms with van der Waals surface area (Å²) in [4.78, 5) is 11.0. The number of nitrogens with two attached hydrogens (primary N) is 1. The van der Waals surface area contributed by atoms with Crippen LogP contribution in [0.3, 0.4) is 0 Å². The Bertz CT molecular complexity index is 451. The first kappa shape index (κ1) is 19.4. The van der Waals surface area contributed by atoms with E-state index >= 15 is 0 Å². The molecule has 2 rings (SSSR count). The maximum atomic E-state index is 11.0. The minimum atomic E-state index is -1.90. The lowest BCUT2D eigenvalue weighted by atomic mass is 9.96. The van der Waals surface area contributed by atoms with Gasteiger partial charge in [-0.2, -0.15) is 0 Å². The smallest absolute Gasteiger partial charge is 0.335 e. The number of aliphatic hydroxyl groups excluding tert-OH is 6. The molecule has 9 N–H and O–H groups in total. The molecule has 1 unspecified atom stereocenters. The lowest BCUT2D eigenvalue weighted by Gasteiger charge is -2.45. The van der Waals surface area contributed by atoms with Crippen LogP contribution in [0.15, 0.2) is 0 Å². The standard InChI is InChI=1S/C12H21NO11/c13-3-8(4(15)2(1-14)22-11(3)21)23-12-7(18)5(16)6(17)9(24-12)10(19)20/h2-9,11-12,14-18,21H,1,13H2,(H,19,20)/t2-,3-,4+,5+,6+,7-,8-,9+,11?,12-/m1/s1. The van der Waals surface area contributed by atoms with Crippen LogP contribution in [0.1, 0.15) is 0 Å². The monoisotopic (exact) mass is 355 g/mol. The maximum absolute atomic E-state index is 11.0. The van der Waals surface area contributed by atoms with Crippen molar-refractivity contribution in [3.05, 3.63) is 0 Å². The van der Waals surface area contributed by atoms with Crippen LogP contribution in [0, 0.1) is 0 Å². The SMILES string of the molecule is N[C@H]1C(O)O[C@H](CO)[C@H](O)[C@@H]1O[C@@H]1O[C@H](C(=O)O)[C@@H](O)[C@H](O)[C@H]1O. The summed E-state index contributed by atoms with van der Waals surface area (Å²) in [6.45, 7) is -0.669. The molecule has 0 aromatic heterocycles. The number of carbonyl (C=O) groups is 1. The number of ether oxygens (including phenoxy) is 3. The highest BCUT2D eigenvalue weighted by molar-refractivity contribution is 5.73. The summed E-state index contributed by atoms with van der Waals surface area (Å²) in [5.74, 6) is -1.60. The molecule has 10 atom stereocenters. The minimum Gasteiger partial charge on any atom is -0.479 e. The average Bonchev–Trinajstić information content (AvgIpc) is 2.54. The van der Waals surface area contributed by atoms with E-state index < -0.39 is 73.9 Å². The number of aliphatic carboxylic acids is 1. The van der Waals surface area contributed by atoms with E-state index in [1.54, 1.807) is 0 Å². The Labute approximate surface area is 135 Å². The molecule has 0 aromatic carbocycles. The van der Waals surface area contributed by atoms with Crippen LogP contribution in [0.25, 0.3) is 0 Å². The van der Waals surface area contributed by atoms with E-state index in [4.69, 9.17) is 30.2 Å². The van der Waals surface area contributed by atoms with Gasteiger partial charge in [0.15, 0.2) is 18.7 Å². The first-order valence-corrected chi connectivity index (χ1v) is 7.15. The van der Waals surface area contributed by atoms with Gasteiger partial charge in [0, 0.05) is 0 Å². The van der Waals surface area contributed by atoms with Crippen LogP contribution in [0.2, 0.25) is 0 Å². The molecule has 2 saturated heterocycles. The summed E-state index contributed by atoms with van der Waals surface area (Å²) in [6.07, 6.45) is -15.1. The van der Waals surface area contributed by atoms with E-state index in [2.05, 4.69) is 0 Å². The second-order valence-electron chi connectivity index (χ2n) is 5.65. The second kappa shape index (κ2) is 7.53. The van der Waals surface area contributed by atoms with Crippen molar-refractivity contribution in [2.24, 2.45) is 5.73 Å². The van der Waals surface area contributed by atoms with Crippen molar-refractivity contribution >= 4 is 5.97 Å². The van der Waals surface area contributed by atoms with Gasteiger partial charge in [0.05, 0.1) is 12.6 Å². The molecule has 140 valence electrons. The fourth-order valence-corrected chi connectivity index (χ4v) is 2.59. The number of hydrogen-bond donors (Lipinski definition) is 8. The van der Waals surface area contributed by atoms with E-state index in [9.17, 15) is 30.3 Å². The summed E-state index contributed by atoms with van der Waals surface area (Å²) >= 11 is 0. The normalized spacial score (nSPS) is 49.8. The number of hydrogen-bond acceptors (Lipinski definition) is 11. The topological polar surface area (TPSA) is 212 Å². The molecular formula is C12H21NO11.